The second-order valence-corrected chi connectivity index (χ2v) is 8.50. The van der Waals surface area contributed by atoms with Crippen LogP contribution in [0.15, 0.2) is 59.8 Å². The third-order valence-electron chi connectivity index (χ3n) is 5.42. The minimum atomic E-state index is 0.0649. The SMILES string of the molecule is COCCn1c(Cc2ccccc2)nnc1SCc1ccccc1C(=O)N1CCOCC1. The van der Waals surface area contributed by atoms with Crippen molar-refractivity contribution in [3.05, 3.63) is 77.1 Å². The van der Waals surface area contributed by atoms with E-state index in [2.05, 4.69) is 26.9 Å². The summed E-state index contributed by atoms with van der Waals surface area (Å²) in [5, 5.41) is 9.74. The van der Waals surface area contributed by atoms with Crippen LogP contribution >= 0.6 is 11.8 Å². The van der Waals surface area contributed by atoms with E-state index < -0.39 is 0 Å². The minimum absolute atomic E-state index is 0.0649. The van der Waals surface area contributed by atoms with E-state index in [0.29, 0.717) is 51.6 Å². The van der Waals surface area contributed by atoms with E-state index in [1.165, 1.54) is 5.56 Å². The maximum Gasteiger partial charge on any atom is 0.254 e. The molecule has 1 amide bonds. The van der Waals surface area contributed by atoms with Gasteiger partial charge in [0.05, 0.1) is 19.8 Å². The van der Waals surface area contributed by atoms with Gasteiger partial charge in [-0.3, -0.25) is 4.79 Å². The number of amides is 1. The lowest BCUT2D eigenvalue weighted by molar-refractivity contribution is 0.0302. The fourth-order valence-electron chi connectivity index (χ4n) is 3.68. The summed E-state index contributed by atoms with van der Waals surface area (Å²) < 4.78 is 12.8. The van der Waals surface area contributed by atoms with Gasteiger partial charge in [-0.05, 0) is 17.2 Å². The molecule has 0 aliphatic carbocycles. The molecule has 7 nitrogen and oxygen atoms in total. The van der Waals surface area contributed by atoms with Gasteiger partial charge in [0.2, 0.25) is 0 Å². The van der Waals surface area contributed by atoms with Gasteiger partial charge in [-0.1, -0.05) is 60.3 Å². The smallest absolute Gasteiger partial charge is 0.254 e. The highest BCUT2D eigenvalue weighted by atomic mass is 32.2. The summed E-state index contributed by atoms with van der Waals surface area (Å²) in [5.41, 5.74) is 2.94. The number of carbonyl (C=O) groups is 1. The average Bonchev–Trinajstić information content (AvgIpc) is 3.23. The molecule has 0 bridgehead atoms. The first kappa shape index (κ1) is 22.5. The topological polar surface area (TPSA) is 69.5 Å². The molecule has 0 unspecified atom stereocenters. The van der Waals surface area contributed by atoms with E-state index >= 15 is 0 Å². The van der Waals surface area contributed by atoms with Gasteiger partial charge < -0.3 is 18.9 Å². The number of thioether (sulfide) groups is 1. The molecule has 1 fully saturated rings. The first-order chi connectivity index (χ1) is 15.8. The van der Waals surface area contributed by atoms with E-state index in [-0.39, 0.29) is 5.91 Å². The zero-order valence-corrected chi connectivity index (χ0v) is 19.1. The maximum atomic E-state index is 13.1. The van der Waals surface area contributed by atoms with Crippen molar-refractivity contribution >= 4 is 17.7 Å². The van der Waals surface area contributed by atoms with E-state index in [0.717, 1.165) is 22.1 Å². The first-order valence-corrected chi connectivity index (χ1v) is 11.8. The van der Waals surface area contributed by atoms with Crippen molar-refractivity contribution in [1.29, 1.82) is 0 Å². The molecule has 0 N–H and O–H groups in total. The Balaban J connectivity index is 1.50. The number of hydrogen-bond acceptors (Lipinski definition) is 6. The van der Waals surface area contributed by atoms with Crippen LogP contribution in [0.4, 0.5) is 0 Å². The maximum absolute atomic E-state index is 13.1. The van der Waals surface area contributed by atoms with E-state index in [9.17, 15) is 4.79 Å². The van der Waals surface area contributed by atoms with Crippen LogP contribution < -0.4 is 0 Å². The lowest BCUT2D eigenvalue weighted by Gasteiger charge is -2.27. The molecular weight excluding hydrogens is 424 g/mol. The Hall–Kier alpha value is -2.68. The molecule has 2 aromatic carbocycles. The third-order valence-corrected chi connectivity index (χ3v) is 6.44. The van der Waals surface area contributed by atoms with Crippen LogP contribution in [0.2, 0.25) is 0 Å². The summed E-state index contributed by atoms with van der Waals surface area (Å²) in [6, 6.07) is 18.1. The summed E-state index contributed by atoms with van der Waals surface area (Å²) in [6.45, 7) is 3.72. The normalized spacial score (nSPS) is 14.0. The summed E-state index contributed by atoms with van der Waals surface area (Å²) in [4.78, 5) is 14.9. The number of morpholine rings is 1. The second kappa shape index (κ2) is 11.3. The van der Waals surface area contributed by atoms with Crippen molar-refractivity contribution in [1.82, 2.24) is 19.7 Å². The molecule has 168 valence electrons. The molecule has 3 aromatic rings. The van der Waals surface area contributed by atoms with Crippen LogP contribution in [0.3, 0.4) is 0 Å². The highest BCUT2D eigenvalue weighted by Gasteiger charge is 2.21. The summed E-state index contributed by atoms with van der Waals surface area (Å²) in [6.07, 6.45) is 0.713. The second-order valence-electron chi connectivity index (χ2n) is 7.56. The quantitative estimate of drug-likeness (QED) is 0.464. The van der Waals surface area contributed by atoms with E-state index in [1.54, 1.807) is 18.9 Å². The van der Waals surface area contributed by atoms with Crippen molar-refractivity contribution in [2.45, 2.75) is 23.9 Å². The number of carbonyl (C=O) groups excluding carboxylic acids is 1. The Morgan fingerprint density at radius 1 is 1.06 bits per heavy atom. The third kappa shape index (κ3) is 5.56. The van der Waals surface area contributed by atoms with E-state index in [1.807, 2.05) is 47.4 Å². The highest BCUT2D eigenvalue weighted by molar-refractivity contribution is 7.98. The monoisotopic (exact) mass is 452 g/mol. The van der Waals surface area contributed by atoms with Gasteiger partial charge >= 0.3 is 0 Å². The van der Waals surface area contributed by atoms with Crippen molar-refractivity contribution in [2.75, 3.05) is 40.0 Å². The molecule has 1 aliphatic rings. The van der Waals surface area contributed by atoms with Gasteiger partial charge in [-0.15, -0.1) is 10.2 Å². The zero-order chi connectivity index (χ0) is 22.2. The number of rotatable bonds is 9. The Kier molecular flexibility index (Phi) is 7.92. The summed E-state index contributed by atoms with van der Waals surface area (Å²) in [5.74, 6) is 1.62. The number of methoxy groups -OCH3 is 1. The Morgan fingerprint density at radius 3 is 2.59 bits per heavy atom. The molecule has 1 aliphatic heterocycles. The number of benzene rings is 2. The molecule has 0 radical (unpaired) electrons. The van der Waals surface area contributed by atoms with Gasteiger partial charge in [-0.25, -0.2) is 0 Å². The standard InChI is InChI=1S/C24H28N4O3S/c1-30-14-13-28-22(17-19-7-3-2-4-8-19)25-26-24(28)32-18-20-9-5-6-10-21(20)23(29)27-11-15-31-16-12-27/h2-10H,11-18H2,1H3. The van der Waals surface area contributed by atoms with Crippen LogP contribution in [0.5, 0.6) is 0 Å². The number of nitrogens with zero attached hydrogens (tertiary/aromatic N) is 4. The van der Waals surface area contributed by atoms with Crippen LogP contribution in [0.1, 0.15) is 27.3 Å². The lowest BCUT2D eigenvalue weighted by Crippen LogP contribution is -2.41. The van der Waals surface area contributed by atoms with Gasteiger partial charge in [0, 0.05) is 44.5 Å². The molecule has 0 spiro atoms. The highest BCUT2D eigenvalue weighted by Crippen LogP contribution is 2.25. The molecule has 1 aromatic heterocycles. The Labute approximate surface area is 192 Å². The van der Waals surface area contributed by atoms with Crippen LogP contribution in [-0.4, -0.2) is 65.6 Å². The zero-order valence-electron chi connectivity index (χ0n) is 18.3. The van der Waals surface area contributed by atoms with Gasteiger partial charge in [0.15, 0.2) is 5.16 Å². The average molecular weight is 453 g/mol. The molecular formula is C24H28N4O3S. The van der Waals surface area contributed by atoms with Crippen LogP contribution in [0, 0.1) is 0 Å². The number of hydrogen-bond donors (Lipinski definition) is 0. The van der Waals surface area contributed by atoms with Crippen molar-refractivity contribution in [3.63, 3.8) is 0 Å². The molecule has 1 saturated heterocycles. The fourth-order valence-corrected chi connectivity index (χ4v) is 4.66. The molecule has 32 heavy (non-hydrogen) atoms. The van der Waals surface area contributed by atoms with Crippen molar-refractivity contribution in [2.24, 2.45) is 0 Å². The molecule has 0 atom stereocenters. The van der Waals surface area contributed by atoms with Crippen molar-refractivity contribution in [3.8, 4) is 0 Å². The van der Waals surface area contributed by atoms with Crippen LogP contribution in [-0.2, 0) is 28.2 Å². The summed E-state index contributed by atoms with van der Waals surface area (Å²) >= 11 is 1.60. The number of ether oxygens (including phenoxy) is 2. The minimum Gasteiger partial charge on any atom is -0.383 e. The van der Waals surface area contributed by atoms with E-state index in [4.69, 9.17) is 9.47 Å². The largest absolute Gasteiger partial charge is 0.383 e. The Morgan fingerprint density at radius 2 is 1.81 bits per heavy atom. The van der Waals surface area contributed by atoms with Gasteiger partial charge in [0.1, 0.15) is 5.82 Å². The molecule has 2 heterocycles. The molecule has 8 heteroatoms. The number of aromatic nitrogens is 3. The molecule has 4 rings (SSSR count). The first-order valence-electron chi connectivity index (χ1n) is 10.8. The predicted octanol–water partition coefficient (Wildman–Crippen LogP) is 3.28. The van der Waals surface area contributed by atoms with Gasteiger partial charge in [-0.2, -0.15) is 0 Å². The van der Waals surface area contributed by atoms with Crippen molar-refractivity contribution < 1.29 is 14.3 Å². The predicted molar refractivity (Wildman–Crippen MR) is 124 cm³/mol. The van der Waals surface area contributed by atoms with Gasteiger partial charge in [0.25, 0.3) is 5.91 Å². The fraction of sp³-hybridized carbons (Fsp3) is 0.375. The Bertz CT molecular complexity index is 1020. The summed E-state index contributed by atoms with van der Waals surface area (Å²) in [7, 11) is 1.70. The lowest BCUT2D eigenvalue weighted by atomic mass is 10.1. The van der Waals surface area contributed by atoms with Crippen LogP contribution in [0.25, 0.3) is 0 Å². The molecule has 0 saturated carbocycles.